The maximum absolute atomic E-state index is 10.7. The third-order valence-electron chi connectivity index (χ3n) is 1.78. The summed E-state index contributed by atoms with van der Waals surface area (Å²) in [6, 6.07) is -0.530. The number of aliphatic carboxylic acids is 1. The van der Waals surface area contributed by atoms with E-state index < -0.39 is 12.0 Å². The molecule has 0 aromatic heterocycles. The summed E-state index contributed by atoms with van der Waals surface area (Å²) in [4.78, 5) is 10.7. The van der Waals surface area contributed by atoms with E-state index >= 15 is 0 Å². The Balaban J connectivity index is 3.72. The molecule has 5 N–H and O–H groups in total. The Labute approximate surface area is 83.5 Å². The molecule has 0 aliphatic rings. The Bertz CT molecular complexity index is 212. The van der Waals surface area contributed by atoms with Gasteiger partial charge in [-0.2, -0.15) is 0 Å². The molecular weight excluding hydrogens is 182 g/mol. The van der Waals surface area contributed by atoms with Crippen LogP contribution in [0.3, 0.4) is 0 Å². The summed E-state index contributed by atoms with van der Waals surface area (Å²) >= 11 is 0. The molecule has 0 aliphatic carbocycles. The van der Waals surface area contributed by atoms with E-state index in [1.807, 2.05) is 0 Å². The van der Waals surface area contributed by atoms with Crippen LogP contribution in [0.5, 0.6) is 0 Å². The van der Waals surface area contributed by atoms with Gasteiger partial charge in [0.25, 0.3) is 0 Å². The summed E-state index contributed by atoms with van der Waals surface area (Å²) in [5, 5.41) is 18.3. The summed E-state index contributed by atoms with van der Waals surface area (Å²) in [5.74, 6) is 1.28. The first-order valence-corrected chi connectivity index (χ1v) is 4.62. The number of hydrogen-bond acceptors (Lipinski definition) is 4. The quantitative estimate of drug-likeness (QED) is 0.325. The highest BCUT2D eigenvalue weighted by Crippen LogP contribution is 1.96. The van der Waals surface area contributed by atoms with Crippen LogP contribution in [0.25, 0.3) is 0 Å². The van der Waals surface area contributed by atoms with Crippen molar-refractivity contribution < 1.29 is 9.90 Å². The number of hydrogen-bond donors (Lipinski definition) is 4. The smallest absolute Gasteiger partial charge is 0.320 e. The maximum Gasteiger partial charge on any atom is 0.320 e. The molecule has 5 heteroatoms. The summed E-state index contributed by atoms with van der Waals surface area (Å²) in [6.07, 6.45) is 3.41. The number of rotatable bonds is 8. The Morgan fingerprint density at radius 1 is 1.71 bits per heavy atom. The molecule has 5 nitrogen and oxygen atoms in total. The van der Waals surface area contributed by atoms with Crippen LogP contribution in [0.2, 0.25) is 0 Å². The minimum Gasteiger partial charge on any atom is -0.480 e. The van der Waals surface area contributed by atoms with E-state index in [0.717, 1.165) is 0 Å². The van der Waals surface area contributed by atoms with Crippen LogP contribution in [-0.2, 0) is 4.79 Å². The monoisotopic (exact) mass is 199 g/mol. The molecule has 0 fully saturated rings. The molecule has 0 unspecified atom stereocenters. The van der Waals surface area contributed by atoms with Crippen molar-refractivity contribution in [1.29, 1.82) is 5.41 Å². The molecule has 0 heterocycles. The van der Waals surface area contributed by atoms with E-state index in [-0.39, 0.29) is 0 Å². The van der Waals surface area contributed by atoms with Crippen molar-refractivity contribution >= 4 is 11.8 Å². The Kier molecular flexibility index (Phi) is 7.74. The van der Waals surface area contributed by atoms with Gasteiger partial charge in [0.15, 0.2) is 0 Å². The first kappa shape index (κ1) is 12.8. The molecule has 0 aromatic rings. The lowest BCUT2D eigenvalue weighted by molar-refractivity contribution is -0.139. The molecular formula is C9H17N3O2. The first-order valence-electron chi connectivity index (χ1n) is 4.62. The van der Waals surface area contributed by atoms with Crippen LogP contribution < -0.4 is 11.1 Å². The van der Waals surface area contributed by atoms with Crippen molar-refractivity contribution in [2.75, 3.05) is 13.1 Å². The van der Waals surface area contributed by atoms with Crippen LogP contribution in [0, 0.1) is 5.41 Å². The molecule has 0 saturated carbocycles. The van der Waals surface area contributed by atoms with Crippen molar-refractivity contribution in [2.45, 2.75) is 25.3 Å². The van der Waals surface area contributed by atoms with Gasteiger partial charge in [0.1, 0.15) is 6.04 Å². The third-order valence-corrected chi connectivity index (χ3v) is 1.78. The second-order valence-corrected chi connectivity index (χ2v) is 2.91. The van der Waals surface area contributed by atoms with Crippen LogP contribution in [0.15, 0.2) is 6.08 Å². The lowest BCUT2D eigenvalue weighted by Gasteiger charge is -2.12. The highest BCUT2D eigenvalue weighted by Gasteiger charge is 2.14. The number of carboxylic acid groups (broad SMARTS) is 1. The molecule has 14 heavy (non-hydrogen) atoms. The zero-order valence-electron chi connectivity index (χ0n) is 8.12. The molecule has 1 atom stereocenters. The zero-order chi connectivity index (χ0) is 10.8. The van der Waals surface area contributed by atoms with E-state index in [4.69, 9.17) is 16.2 Å². The van der Waals surface area contributed by atoms with Crippen LogP contribution >= 0.6 is 0 Å². The van der Waals surface area contributed by atoms with E-state index in [1.165, 1.54) is 0 Å². The third kappa shape index (κ3) is 6.37. The Hall–Kier alpha value is -1.16. The Morgan fingerprint density at radius 2 is 2.43 bits per heavy atom. The number of nitrogens with one attached hydrogen (secondary N) is 2. The van der Waals surface area contributed by atoms with Gasteiger partial charge in [-0.25, -0.2) is 0 Å². The maximum atomic E-state index is 10.7. The summed E-state index contributed by atoms with van der Waals surface area (Å²) < 4.78 is 0. The zero-order valence-corrected chi connectivity index (χ0v) is 8.12. The molecule has 0 aromatic carbocycles. The van der Waals surface area contributed by atoms with E-state index in [2.05, 4.69) is 11.2 Å². The molecule has 0 spiro atoms. The van der Waals surface area contributed by atoms with Crippen molar-refractivity contribution in [3.8, 4) is 0 Å². The predicted molar refractivity (Wildman–Crippen MR) is 54.6 cm³/mol. The van der Waals surface area contributed by atoms with E-state index in [0.29, 0.717) is 32.4 Å². The molecule has 80 valence electrons. The predicted octanol–water partition coefficient (Wildman–Crippen LogP) is -0.0371. The molecule has 0 rings (SSSR count). The standard InChI is InChI=1S/C9H17N3O2/c10-5-1-2-7-12-8(9(13)14)4-3-6-11/h1,8,10,12H,2-4,6-7,11H2,(H,13,14)/t8-/m1/s1. The fraction of sp³-hybridized carbons (Fsp3) is 0.667. The fourth-order valence-electron chi connectivity index (χ4n) is 1.04. The number of carboxylic acids is 1. The fourth-order valence-corrected chi connectivity index (χ4v) is 1.04. The van der Waals surface area contributed by atoms with Crippen molar-refractivity contribution in [3.63, 3.8) is 0 Å². The second kappa shape index (κ2) is 8.44. The van der Waals surface area contributed by atoms with E-state index in [1.54, 1.807) is 6.08 Å². The highest BCUT2D eigenvalue weighted by molar-refractivity contribution is 5.73. The molecule has 0 bridgehead atoms. The van der Waals surface area contributed by atoms with Crippen molar-refractivity contribution in [3.05, 3.63) is 6.08 Å². The summed E-state index contributed by atoms with van der Waals surface area (Å²) in [5.41, 5.74) is 5.29. The van der Waals surface area contributed by atoms with Crippen molar-refractivity contribution in [2.24, 2.45) is 5.73 Å². The second-order valence-electron chi connectivity index (χ2n) is 2.91. The molecule has 0 amide bonds. The lowest BCUT2D eigenvalue weighted by Crippen LogP contribution is -2.37. The molecule has 0 saturated heterocycles. The minimum atomic E-state index is -0.850. The average molecular weight is 199 g/mol. The first-order chi connectivity index (χ1) is 6.72. The molecule has 0 aliphatic heterocycles. The largest absolute Gasteiger partial charge is 0.480 e. The molecule has 0 radical (unpaired) electrons. The van der Waals surface area contributed by atoms with Gasteiger partial charge in [-0.3, -0.25) is 10.2 Å². The van der Waals surface area contributed by atoms with Gasteiger partial charge in [0.05, 0.1) is 0 Å². The minimum absolute atomic E-state index is 0.506. The SMILES string of the molecule is N=C=CCCN[C@H](CCCN)C(=O)O. The van der Waals surface area contributed by atoms with Gasteiger partial charge >= 0.3 is 5.97 Å². The topological polar surface area (TPSA) is 99.2 Å². The van der Waals surface area contributed by atoms with Gasteiger partial charge in [-0.1, -0.05) is 0 Å². The van der Waals surface area contributed by atoms with Gasteiger partial charge in [-0.05, 0) is 37.8 Å². The summed E-state index contributed by atoms with van der Waals surface area (Å²) in [7, 11) is 0. The van der Waals surface area contributed by atoms with Crippen LogP contribution in [-0.4, -0.2) is 36.1 Å². The van der Waals surface area contributed by atoms with Gasteiger partial charge in [0.2, 0.25) is 0 Å². The summed E-state index contributed by atoms with van der Waals surface area (Å²) in [6.45, 7) is 1.05. The normalized spacial score (nSPS) is 11.8. The number of carbonyl (C=O) groups is 1. The average Bonchev–Trinajstić information content (AvgIpc) is 2.16. The van der Waals surface area contributed by atoms with E-state index in [9.17, 15) is 4.79 Å². The lowest BCUT2D eigenvalue weighted by atomic mass is 10.1. The van der Waals surface area contributed by atoms with Gasteiger partial charge in [-0.15, -0.1) is 0 Å². The number of nitrogens with two attached hydrogens (primary N) is 1. The van der Waals surface area contributed by atoms with Gasteiger partial charge < -0.3 is 16.2 Å². The van der Waals surface area contributed by atoms with Crippen LogP contribution in [0.4, 0.5) is 0 Å². The Morgan fingerprint density at radius 3 is 2.93 bits per heavy atom. The van der Waals surface area contributed by atoms with Crippen molar-refractivity contribution in [1.82, 2.24) is 5.32 Å². The van der Waals surface area contributed by atoms with Gasteiger partial charge in [0, 0.05) is 6.54 Å². The highest BCUT2D eigenvalue weighted by atomic mass is 16.4. The van der Waals surface area contributed by atoms with Crippen LogP contribution in [0.1, 0.15) is 19.3 Å².